The molecule has 2 aromatic rings. The molecule has 4 rings (SSSR count). The second kappa shape index (κ2) is 6.83. The third-order valence-electron chi connectivity index (χ3n) is 5.76. The van der Waals surface area contributed by atoms with E-state index in [4.69, 9.17) is 0 Å². The van der Waals surface area contributed by atoms with Gasteiger partial charge in [-0.3, -0.25) is 9.78 Å². The number of likely N-dealkylation sites (tertiary alicyclic amines) is 1. The number of aromatic nitrogens is 2. The van der Waals surface area contributed by atoms with E-state index in [9.17, 15) is 18.0 Å². The molecule has 4 nitrogen and oxygen atoms in total. The van der Waals surface area contributed by atoms with E-state index in [0.29, 0.717) is 12.1 Å². The van der Waals surface area contributed by atoms with Crippen LogP contribution in [0.2, 0.25) is 0 Å². The molecular weight excluding hydrogens is 391 g/mol. The quantitative estimate of drug-likeness (QED) is 0.595. The van der Waals surface area contributed by atoms with Gasteiger partial charge in [0.2, 0.25) is 5.91 Å². The smallest absolute Gasteiger partial charge is 0.334 e. The fourth-order valence-corrected chi connectivity index (χ4v) is 4.39. The first-order valence-electron chi connectivity index (χ1n) is 9.82. The first-order valence-corrected chi connectivity index (χ1v) is 9.82. The molecule has 3 atom stereocenters. The van der Waals surface area contributed by atoms with Crippen LogP contribution in [-0.2, 0) is 11.0 Å². The van der Waals surface area contributed by atoms with Gasteiger partial charge in [0.1, 0.15) is 5.69 Å². The molecule has 7 heteroatoms. The van der Waals surface area contributed by atoms with Gasteiger partial charge in [0.15, 0.2) is 0 Å². The zero-order valence-corrected chi connectivity index (χ0v) is 17.2. The van der Waals surface area contributed by atoms with Crippen molar-refractivity contribution < 1.29 is 18.0 Å². The molecule has 1 aliphatic carbocycles. The summed E-state index contributed by atoms with van der Waals surface area (Å²) in [4.78, 5) is 23.0. The first kappa shape index (κ1) is 20.4. The Hall–Kier alpha value is -2.88. The molecule has 2 aromatic heterocycles. The van der Waals surface area contributed by atoms with E-state index >= 15 is 0 Å². The minimum absolute atomic E-state index is 0.0114. The second-order valence-corrected chi connectivity index (χ2v) is 9.02. The first-order chi connectivity index (χ1) is 14.0. The Morgan fingerprint density at radius 2 is 1.93 bits per heavy atom. The number of hydrogen-bond acceptors (Lipinski definition) is 3. The van der Waals surface area contributed by atoms with E-state index in [1.54, 1.807) is 12.4 Å². The minimum Gasteiger partial charge on any atom is -0.334 e. The fourth-order valence-electron chi connectivity index (χ4n) is 4.39. The zero-order chi connectivity index (χ0) is 21.8. The second-order valence-electron chi connectivity index (χ2n) is 9.02. The SMILES string of the molecule is C[C@H]1CN(C(=O)C(C)(C)C)[C@@H]2c3cncc(C#Cc4cc(C(F)(F)F)ccn4)c3C21. The summed E-state index contributed by atoms with van der Waals surface area (Å²) in [5.74, 6) is 6.24. The van der Waals surface area contributed by atoms with Crippen molar-refractivity contribution in [2.24, 2.45) is 11.3 Å². The van der Waals surface area contributed by atoms with Gasteiger partial charge in [-0.2, -0.15) is 13.2 Å². The molecule has 3 heterocycles. The van der Waals surface area contributed by atoms with E-state index in [2.05, 4.69) is 28.7 Å². The molecule has 0 bridgehead atoms. The van der Waals surface area contributed by atoms with Crippen molar-refractivity contribution in [2.45, 2.75) is 45.8 Å². The Morgan fingerprint density at radius 3 is 2.60 bits per heavy atom. The van der Waals surface area contributed by atoms with Gasteiger partial charge >= 0.3 is 6.18 Å². The topological polar surface area (TPSA) is 46.1 Å². The maximum absolute atomic E-state index is 12.9. The van der Waals surface area contributed by atoms with Crippen molar-refractivity contribution in [3.63, 3.8) is 0 Å². The van der Waals surface area contributed by atoms with Crippen molar-refractivity contribution in [3.05, 3.63) is 58.7 Å². The number of carbonyl (C=O) groups excluding carboxylic acids is 1. The Kier molecular flexibility index (Phi) is 4.64. The number of rotatable bonds is 0. The molecule has 0 spiro atoms. The summed E-state index contributed by atoms with van der Waals surface area (Å²) in [7, 11) is 0. The van der Waals surface area contributed by atoms with E-state index in [-0.39, 0.29) is 29.5 Å². The average Bonchev–Trinajstić information content (AvgIpc) is 2.93. The van der Waals surface area contributed by atoms with E-state index in [0.717, 1.165) is 29.5 Å². The highest BCUT2D eigenvalue weighted by atomic mass is 19.4. The summed E-state index contributed by atoms with van der Waals surface area (Å²) in [6.45, 7) is 8.52. The van der Waals surface area contributed by atoms with Crippen LogP contribution in [-0.4, -0.2) is 27.3 Å². The van der Waals surface area contributed by atoms with Crippen LogP contribution >= 0.6 is 0 Å². The van der Waals surface area contributed by atoms with Crippen LogP contribution in [0.1, 0.15) is 67.6 Å². The Morgan fingerprint density at radius 1 is 1.20 bits per heavy atom. The molecule has 156 valence electrons. The number of amides is 1. The van der Waals surface area contributed by atoms with E-state index < -0.39 is 17.2 Å². The molecule has 1 amide bonds. The van der Waals surface area contributed by atoms with Crippen molar-refractivity contribution in [2.75, 3.05) is 6.54 Å². The minimum atomic E-state index is -4.44. The number of hydrogen-bond donors (Lipinski definition) is 0. The van der Waals surface area contributed by atoms with Crippen molar-refractivity contribution in [1.29, 1.82) is 0 Å². The van der Waals surface area contributed by atoms with Crippen LogP contribution < -0.4 is 0 Å². The number of alkyl halides is 3. The number of halogens is 3. The van der Waals surface area contributed by atoms with E-state index in [1.165, 1.54) is 0 Å². The van der Waals surface area contributed by atoms with Gasteiger partial charge in [-0.05, 0) is 35.1 Å². The van der Waals surface area contributed by atoms with E-state index in [1.807, 2.05) is 25.7 Å². The lowest BCUT2D eigenvalue weighted by Gasteiger charge is -2.41. The molecule has 1 unspecified atom stereocenters. The highest BCUT2D eigenvalue weighted by Crippen LogP contribution is 2.58. The predicted molar refractivity (Wildman–Crippen MR) is 105 cm³/mol. The standard InChI is InChI=1S/C23H22F3N3O/c1-13-12-29(21(30)22(2,3)4)20-17-11-27-10-14(19(17)18(13)20)5-6-16-9-15(7-8-28-16)23(24,25)26/h7-11,13,18,20H,12H2,1-4H3/t13-,18?,20+/m0/s1. The summed E-state index contributed by atoms with van der Waals surface area (Å²) in [6.07, 6.45) is 0.0775. The van der Waals surface area contributed by atoms with Crippen LogP contribution in [0.3, 0.4) is 0 Å². The highest BCUT2D eigenvalue weighted by Gasteiger charge is 2.53. The maximum Gasteiger partial charge on any atom is 0.416 e. The summed E-state index contributed by atoms with van der Waals surface area (Å²) >= 11 is 0. The third-order valence-corrected chi connectivity index (χ3v) is 5.76. The van der Waals surface area contributed by atoms with Gasteiger partial charge in [0.05, 0.1) is 11.6 Å². The number of nitrogens with zero attached hydrogens (tertiary/aromatic N) is 3. The summed E-state index contributed by atoms with van der Waals surface area (Å²) < 4.78 is 38.7. The molecular formula is C23H22F3N3O. The fraction of sp³-hybridized carbons (Fsp3) is 0.435. The Bertz CT molecular complexity index is 1080. The molecule has 1 fully saturated rings. The zero-order valence-electron chi connectivity index (χ0n) is 17.2. The van der Waals surface area contributed by atoms with Crippen molar-refractivity contribution in [1.82, 2.24) is 14.9 Å². The Balaban J connectivity index is 1.68. The van der Waals surface area contributed by atoms with Gasteiger partial charge in [-0.25, -0.2) is 4.98 Å². The van der Waals surface area contributed by atoms with Crippen LogP contribution in [0, 0.1) is 23.2 Å². The van der Waals surface area contributed by atoms with Crippen LogP contribution in [0.15, 0.2) is 30.7 Å². The molecule has 0 N–H and O–H groups in total. The normalized spacial score (nSPS) is 22.5. The highest BCUT2D eigenvalue weighted by molar-refractivity contribution is 5.83. The summed E-state index contributed by atoms with van der Waals surface area (Å²) in [5, 5.41) is 0. The van der Waals surface area contributed by atoms with Gasteiger partial charge < -0.3 is 4.90 Å². The molecule has 1 saturated heterocycles. The molecule has 0 saturated carbocycles. The van der Waals surface area contributed by atoms with Gasteiger partial charge in [0, 0.05) is 42.0 Å². The monoisotopic (exact) mass is 413 g/mol. The molecule has 0 aromatic carbocycles. The number of pyridine rings is 2. The maximum atomic E-state index is 12.9. The lowest BCUT2D eigenvalue weighted by atomic mass is 9.68. The molecule has 30 heavy (non-hydrogen) atoms. The van der Waals surface area contributed by atoms with Crippen LogP contribution in [0.4, 0.5) is 13.2 Å². The lowest BCUT2D eigenvalue weighted by molar-refractivity contribution is -0.141. The van der Waals surface area contributed by atoms with Gasteiger partial charge in [-0.15, -0.1) is 0 Å². The van der Waals surface area contributed by atoms with Crippen molar-refractivity contribution in [3.8, 4) is 11.8 Å². The summed E-state index contributed by atoms with van der Waals surface area (Å²) in [5.41, 5.74) is 1.52. The number of carbonyl (C=O) groups is 1. The largest absolute Gasteiger partial charge is 0.416 e. The lowest BCUT2D eigenvalue weighted by Crippen LogP contribution is -2.42. The third kappa shape index (κ3) is 3.34. The number of fused-ring (bicyclic) bond motifs is 4. The van der Waals surface area contributed by atoms with Gasteiger partial charge in [-0.1, -0.05) is 33.6 Å². The predicted octanol–water partition coefficient (Wildman–Crippen LogP) is 4.56. The molecule has 1 aliphatic heterocycles. The average molecular weight is 413 g/mol. The Labute approximate surface area is 173 Å². The van der Waals surface area contributed by atoms with Gasteiger partial charge in [0.25, 0.3) is 0 Å². The molecule has 0 radical (unpaired) electrons. The van der Waals surface area contributed by atoms with Crippen LogP contribution in [0.5, 0.6) is 0 Å². The van der Waals surface area contributed by atoms with Crippen molar-refractivity contribution >= 4 is 5.91 Å². The summed E-state index contributed by atoms with van der Waals surface area (Å²) in [6, 6.07) is 1.86. The molecule has 2 aliphatic rings. The van der Waals surface area contributed by atoms with Crippen LogP contribution in [0.25, 0.3) is 0 Å².